The highest BCUT2D eigenvalue weighted by atomic mass is 16.5. The van der Waals surface area contributed by atoms with E-state index in [2.05, 4.69) is 0 Å². The molecule has 0 fully saturated rings. The van der Waals surface area contributed by atoms with Gasteiger partial charge in [0.2, 0.25) is 0 Å². The van der Waals surface area contributed by atoms with E-state index in [9.17, 15) is 14.7 Å². The van der Waals surface area contributed by atoms with Gasteiger partial charge in [0, 0.05) is 12.0 Å². The highest BCUT2D eigenvalue weighted by Crippen LogP contribution is 2.33. The summed E-state index contributed by atoms with van der Waals surface area (Å²) in [6.07, 6.45) is 2.73. The zero-order chi connectivity index (χ0) is 24.6. The lowest BCUT2D eigenvalue weighted by molar-refractivity contribution is 0.0695. The number of Topliss-reactive ketones (excluding diaryl/α,β-unsaturated/α-hetero) is 1. The van der Waals surface area contributed by atoms with E-state index in [-0.39, 0.29) is 22.5 Å². The molecule has 180 valence electrons. The average Bonchev–Trinajstić information content (AvgIpc) is 2.74. The van der Waals surface area contributed by atoms with Gasteiger partial charge in [0.25, 0.3) is 0 Å². The van der Waals surface area contributed by atoms with E-state index in [0.29, 0.717) is 48.0 Å². The van der Waals surface area contributed by atoms with E-state index < -0.39 is 5.97 Å². The number of ether oxygens (including phenoxy) is 3. The second-order valence-electron chi connectivity index (χ2n) is 9.17. The van der Waals surface area contributed by atoms with Crippen molar-refractivity contribution < 1.29 is 34.0 Å². The van der Waals surface area contributed by atoms with Crippen molar-refractivity contribution in [3.05, 3.63) is 47.0 Å². The average molecular weight is 459 g/mol. The maximum absolute atomic E-state index is 12.5. The van der Waals surface area contributed by atoms with Crippen molar-refractivity contribution in [2.45, 2.75) is 53.4 Å². The standard InChI is InChI=1S/C26H34O7/c1-17-21(12-10-19(24(17)28)20(27)16-26(2,3)4)32-13-7-6-8-14-33-23-15-18(25(29)30)9-11-22(23)31-5/h9-12,15,28H,6-8,13-14,16H2,1-5H3,(H,29,30). The first-order chi connectivity index (χ1) is 15.5. The van der Waals surface area contributed by atoms with Crippen molar-refractivity contribution in [3.8, 4) is 23.0 Å². The van der Waals surface area contributed by atoms with Gasteiger partial charge in [0.1, 0.15) is 11.5 Å². The molecule has 0 heterocycles. The number of carboxylic acids is 1. The Morgan fingerprint density at radius 2 is 1.52 bits per heavy atom. The zero-order valence-electron chi connectivity index (χ0n) is 20.1. The summed E-state index contributed by atoms with van der Waals surface area (Å²) >= 11 is 0. The minimum Gasteiger partial charge on any atom is -0.507 e. The van der Waals surface area contributed by atoms with Gasteiger partial charge in [-0.3, -0.25) is 4.79 Å². The summed E-state index contributed by atoms with van der Waals surface area (Å²) in [7, 11) is 1.51. The van der Waals surface area contributed by atoms with E-state index in [1.54, 1.807) is 25.1 Å². The smallest absolute Gasteiger partial charge is 0.335 e. The van der Waals surface area contributed by atoms with E-state index in [1.165, 1.54) is 19.2 Å². The van der Waals surface area contributed by atoms with Crippen LogP contribution in [0.4, 0.5) is 0 Å². The monoisotopic (exact) mass is 458 g/mol. The van der Waals surface area contributed by atoms with Crippen LogP contribution < -0.4 is 14.2 Å². The van der Waals surface area contributed by atoms with E-state index in [0.717, 1.165) is 19.3 Å². The van der Waals surface area contributed by atoms with Crippen LogP contribution in [0.5, 0.6) is 23.0 Å². The highest BCUT2D eigenvalue weighted by Gasteiger charge is 2.21. The Hall–Kier alpha value is -3.22. The number of ketones is 1. The number of methoxy groups -OCH3 is 1. The first-order valence-electron chi connectivity index (χ1n) is 11.1. The molecule has 0 saturated heterocycles. The van der Waals surface area contributed by atoms with Crippen LogP contribution in [0.1, 0.15) is 72.7 Å². The normalized spacial score (nSPS) is 11.2. The zero-order valence-corrected chi connectivity index (χ0v) is 20.1. The molecule has 0 unspecified atom stereocenters. The third kappa shape index (κ3) is 7.70. The lowest BCUT2D eigenvalue weighted by Gasteiger charge is -2.18. The summed E-state index contributed by atoms with van der Waals surface area (Å²) in [4.78, 5) is 23.6. The molecule has 0 atom stereocenters. The molecule has 7 heteroatoms. The van der Waals surface area contributed by atoms with Crippen LogP contribution in [0.3, 0.4) is 0 Å². The van der Waals surface area contributed by atoms with Crippen LogP contribution in [0.2, 0.25) is 0 Å². The minimum atomic E-state index is -1.02. The van der Waals surface area contributed by atoms with Crippen molar-refractivity contribution in [2.24, 2.45) is 5.41 Å². The quantitative estimate of drug-likeness (QED) is 0.313. The summed E-state index contributed by atoms with van der Waals surface area (Å²) in [5.74, 6) is 0.329. The summed E-state index contributed by atoms with van der Waals surface area (Å²) < 4.78 is 16.7. The largest absolute Gasteiger partial charge is 0.507 e. The number of carbonyl (C=O) groups is 2. The number of carbonyl (C=O) groups excluding carboxylic acids is 1. The Labute approximate surface area is 195 Å². The number of carboxylic acid groups (broad SMARTS) is 1. The van der Waals surface area contributed by atoms with Crippen molar-refractivity contribution in [1.82, 2.24) is 0 Å². The minimum absolute atomic E-state index is 0.0207. The summed E-state index contributed by atoms with van der Waals surface area (Å²) in [6.45, 7) is 8.59. The summed E-state index contributed by atoms with van der Waals surface area (Å²) in [5, 5.41) is 19.6. The Bertz CT molecular complexity index is 973. The highest BCUT2D eigenvalue weighted by molar-refractivity contribution is 5.99. The van der Waals surface area contributed by atoms with Crippen LogP contribution in [0.25, 0.3) is 0 Å². The van der Waals surface area contributed by atoms with Gasteiger partial charge in [-0.15, -0.1) is 0 Å². The molecule has 0 bridgehead atoms. The molecular formula is C26H34O7. The van der Waals surface area contributed by atoms with Crippen LogP contribution in [-0.4, -0.2) is 42.3 Å². The number of unbranched alkanes of at least 4 members (excludes halogenated alkanes) is 2. The molecule has 2 aromatic rings. The molecule has 0 aliphatic rings. The van der Waals surface area contributed by atoms with Gasteiger partial charge in [-0.1, -0.05) is 20.8 Å². The van der Waals surface area contributed by atoms with Gasteiger partial charge >= 0.3 is 5.97 Å². The number of phenols is 1. The molecule has 0 saturated carbocycles. The molecule has 0 spiro atoms. The number of phenolic OH excluding ortho intramolecular Hbond substituents is 1. The fourth-order valence-corrected chi connectivity index (χ4v) is 3.31. The number of benzene rings is 2. The number of hydrogen-bond acceptors (Lipinski definition) is 6. The third-order valence-corrected chi connectivity index (χ3v) is 5.09. The van der Waals surface area contributed by atoms with Gasteiger partial charge in [0.15, 0.2) is 17.3 Å². The van der Waals surface area contributed by atoms with Crippen LogP contribution in [0.15, 0.2) is 30.3 Å². The SMILES string of the molecule is COc1ccc(C(=O)O)cc1OCCCCCOc1ccc(C(=O)CC(C)(C)C)c(O)c1C. The lowest BCUT2D eigenvalue weighted by atomic mass is 9.87. The third-order valence-electron chi connectivity index (χ3n) is 5.09. The Balaban J connectivity index is 1.79. The first kappa shape index (κ1) is 26.0. The molecule has 7 nitrogen and oxygen atoms in total. The molecular weight excluding hydrogens is 424 g/mol. The fraction of sp³-hybridized carbons (Fsp3) is 0.462. The van der Waals surface area contributed by atoms with E-state index in [1.807, 2.05) is 20.8 Å². The van der Waals surface area contributed by atoms with Crippen molar-refractivity contribution in [2.75, 3.05) is 20.3 Å². The van der Waals surface area contributed by atoms with Gasteiger partial charge in [-0.05, 0) is 61.9 Å². The molecule has 2 rings (SSSR count). The van der Waals surface area contributed by atoms with E-state index in [4.69, 9.17) is 19.3 Å². The molecule has 2 N–H and O–H groups in total. The molecule has 0 aliphatic carbocycles. The van der Waals surface area contributed by atoms with Crippen LogP contribution in [0, 0.1) is 12.3 Å². The maximum Gasteiger partial charge on any atom is 0.335 e. The van der Waals surface area contributed by atoms with Crippen molar-refractivity contribution in [1.29, 1.82) is 0 Å². The number of hydrogen-bond donors (Lipinski definition) is 2. The molecule has 2 aromatic carbocycles. The molecule has 0 amide bonds. The van der Waals surface area contributed by atoms with Gasteiger partial charge in [-0.2, -0.15) is 0 Å². The van der Waals surface area contributed by atoms with Crippen LogP contribution >= 0.6 is 0 Å². The van der Waals surface area contributed by atoms with Gasteiger partial charge < -0.3 is 24.4 Å². The number of aromatic carboxylic acids is 1. The summed E-state index contributed by atoms with van der Waals surface area (Å²) in [6, 6.07) is 7.86. The fourth-order valence-electron chi connectivity index (χ4n) is 3.31. The Kier molecular flexibility index (Phi) is 9.14. The summed E-state index contributed by atoms with van der Waals surface area (Å²) in [5.41, 5.74) is 0.877. The van der Waals surface area contributed by atoms with Crippen LogP contribution in [-0.2, 0) is 0 Å². The lowest BCUT2D eigenvalue weighted by Crippen LogP contribution is -2.13. The predicted molar refractivity (Wildman–Crippen MR) is 126 cm³/mol. The Morgan fingerprint density at radius 3 is 2.09 bits per heavy atom. The van der Waals surface area contributed by atoms with Gasteiger partial charge in [0.05, 0.1) is 31.5 Å². The van der Waals surface area contributed by atoms with E-state index >= 15 is 0 Å². The predicted octanol–water partition coefficient (Wildman–Crippen LogP) is 5.65. The first-order valence-corrected chi connectivity index (χ1v) is 11.1. The molecule has 0 aliphatic heterocycles. The van der Waals surface area contributed by atoms with Crippen molar-refractivity contribution in [3.63, 3.8) is 0 Å². The topological polar surface area (TPSA) is 102 Å². The second kappa shape index (κ2) is 11.6. The number of rotatable bonds is 12. The second-order valence-corrected chi connectivity index (χ2v) is 9.17. The Morgan fingerprint density at radius 1 is 0.909 bits per heavy atom. The maximum atomic E-state index is 12.5. The number of aromatic hydroxyl groups is 1. The molecule has 0 radical (unpaired) electrons. The van der Waals surface area contributed by atoms with Gasteiger partial charge in [-0.25, -0.2) is 4.79 Å². The molecule has 0 aromatic heterocycles. The molecule has 33 heavy (non-hydrogen) atoms. The van der Waals surface area contributed by atoms with Crippen molar-refractivity contribution >= 4 is 11.8 Å².